The van der Waals surface area contributed by atoms with Crippen LogP contribution in [0.1, 0.15) is 12.8 Å². The van der Waals surface area contributed by atoms with Crippen LogP contribution in [-0.2, 0) is 4.79 Å². The molecule has 0 aliphatic carbocycles. The molecule has 6 nitrogen and oxygen atoms in total. The van der Waals surface area contributed by atoms with Crippen molar-refractivity contribution in [2.75, 3.05) is 19.0 Å². The average Bonchev–Trinajstić information content (AvgIpc) is 2.72. The summed E-state index contributed by atoms with van der Waals surface area (Å²) < 4.78 is 5.11. The normalized spacial score (nSPS) is 18.9. The SMILES string of the molecule is COc1c(Cl)ncnc1NCC1CCC(=O)N1. The van der Waals surface area contributed by atoms with Crippen molar-refractivity contribution in [1.29, 1.82) is 0 Å². The molecule has 1 amide bonds. The van der Waals surface area contributed by atoms with E-state index in [1.807, 2.05) is 0 Å². The molecule has 1 atom stereocenters. The molecule has 1 aromatic heterocycles. The molecule has 0 aromatic carbocycles. The van der Waals surface area contributed by atoms with E-state index < -0.39 is 0 Å². The standard InChI is InChI=1S/C10H13ClN4O2/c1-17-8-9(11)13-5-14-10(8)12-4-6-2-3-7(16)15-6/h5-6H,2-4H2,1H3,(H,15,16)(H,12,13,14). The summed E-state index contributed by atoms with van der Waals surface area (Å²) in [5.74, 6) is 1.04. The van der Waals surface area contributed by atoms with Gasteiger partial charge in [0.1, 0.15) is 6.33 Å². The Morgan fingerprint density at radius 2 is 2.47 bits per heavy atom. The second kappa shape index (κ2) is 5.18. The highest BCUT2D eigenvalue weighted by atomic mass is 35.5. The second-order valence-electron chi connectivity index (χ2n) is 3.73. The lowest BCUT2D eigenvalue weighted by Crippen LogP contribution is -2.32. The van der Waals surface area contributed by atoms with Gasteiger partial charge in [-0.05, 0) is 6.42 Å². The number of aromatic nitrogens is 2. The summed E-state index contributed by atoms with van der Waals surface area (Å²) in [6.07, 6.45) is 2.77. The zero-order valence-electron chi connectivity index (χ0n) is 9.36. The van der Waals surface area contributed by atoms with Crippen LogP contribution in [-0.4, -0.2) is 35.6 Å². The van der Waals surface area contributed by atoms with Crippen molar-refractivity contribution >= 4 is 23.3 Å². The maximum Gasteiger partial charge on any atom is 0.220 e. The molecule has 1 aliphatic rings. The van der Waals surface area contributed by atoms with Crippen LogP contribution in [0.25, 0.3) is 0 Å². The van der Waals surface area contributed by atoms with E-state index in [2.05, 4.69) is 20.6 Å². The highest BCUT2D eigenvalue weighted by Gasteiger charge is 2.21. The number of nitrogens with one attached hydrogen (secondary N) is 2. The number of halogens is 1. The van der Waals surface area contributed by atoms with Crippen LogP contribution < -0.4 is 15.4 Å². The Morgan fingerprint density at radius 3 is 3.12 bits per heavy atom. The Morgan fingerprint density at radius 1 is 1.65 bits per heavy atom. The minimum atomic E-state index is 0.0875. The molecule has 1 saturated heterocycles. The second-order valence-corrected chi connectivity index (χ2v) is 4.09. The highest BCUT2D eigenvalue weighted by molar-refractivity contribution is 6.31. The highest BCUT2D eigenvalue weighted by Crippen LogP contribution is 2.28. The van der Waals surface area contributed by atoms with E-state index in [0.29, 0.717) is 24.5 Å². The molecular weight excluding hydrogens is 244 g/mol. The van der Waals surface area contributed by atoms with Gasteiger partial charge in [0.05, 0.1) is 7.11 Å². The van der Waals surface area contributed by atoms with Gasteiger partial charge in [-0.25, -0.2) is 9.97 Å². The summed E-state index contributed by atoms with van der Waals surface area (Å²) in [6.45, 7) is 0.593. The Bertz CT molecular complexity index is 427. The van der Waals surface area contributed by atoms with Crippen LogP contribution in [0, 0.1) is 0 Å². The predicted molar refractivity (Wildman–Crippen MR) is 63.2 cm³/mol. The van der Waals surface area contributed by atoms with Crippen LogP contribution >= 0.6 is 11.6 Å². The zero-order chi connectivity index (χ0) is 12.3. The van der Waals surface area contributed by atoms with Gasteiger partial charge in [-0.15, -0.1) is 0 Å². The first-order valence-electron chi connectivity index (χ1n) is 5.28. The fourth-order valence-electron chi connectivity index (χ4n) is 1.71. The van der Waals surface area contributed by atoms with Crippen LogP contribution in [0.5, 0.6) is 5.75 Å². The molecule has 2 rings (SSSR count). The first kappa shape index (κ1) is 11.9. The quantitative estimate of drug-likeness (QED) is 0.781. The molecule has 1 fully saturated rings. The van der Waals surface area contributed by atoms with Gasteiger partial charge in [0, 0.05) is 19.0 Å². The number of carbonyl (C=O) groups is 1. The van der Waals surface area contributed by atoms with Gasteiger partial charge in [-0.1, -0.05) is 11.6 Å². The Balaban J connectivity index is 1.99. The summed E-state index contributed by atoms with van der Waals surface area (Å²) in [4.78, 5) is 18.9. The average molecular weight is 257 g/mol. The maximum atomic E-state index is 11.0. The van der Waals surface area contributed by atoms with Crippen LogP contribution in [0.3, 0.4) is 0 Å². The van der Waals surface area contributed by atoms with E-state index in [1.165, 1.54) is 13.4 Å². The number of nitrogens with zero attached hydrogens (tertiary/aromatic N) is 2. The van der Waals surface area contributed by atoms with Crippen molar-refractivity contribution < 1.29 is 9.53 Å². The molecule has 2 heterocycles. The molecule has 0 bridgehead atoms. The first-order valence-corrected chi connectivity index (χ1v) is 5.66. The van der Waals surface area contributed by atoms with Gasteiger partial charge in [0.2, 0.25) is 5.91 Å². The van der Waals surface area contributed by atoms with Crippen molar-refractivity contribution in [2.24, 2.45) is 0 Å². The third kappa shape index (κ3) is 2.76. The van der Waals surface area contributed by atoms with Crippen LogP contribution in [0.2, 0.25) is 5.15 Å². The minimum Gasteiger partial charge on any atom is -0.490 e. The van der Waals surface area contributed by atoms with Crippen LogP contribution in [0.15, 0.2) is 6.33 Å². The minimum absolute atomic E-state index is 0.0875. The van der Waals surface area contributed by atoms with E-state index in [4.69, 9.17) is 16.3 Å². The fourth-order valence-corrected chi connectivity index (χ4v) is 1.92. The maximum absolute atomic E-state index is 11.0. The molecule has 0 saturated carbocycles. The van der Waals surface area contributed by atoms with Crippen molar-refractivity contribution in [3.05, 3.63) is 11.5 Å². The van der Waals surface area contributed by atoms with Gasteiger partial charge in [-0.2, -0.15) is 0 Å². The monoisotopic (exact) mass is 256 g/mol. The van der Waals surface area contributed by atoms with Gasteiger partial charge in [-0.3, -0.25) is 4.79 Å². The number of hydrogen-bond acceptors (Lipinski definition) is 5. The zero-order valence-corrected chi connectivity index (χ0v) is 10.1. The van der Waals surface area contributed by atoms with E-state index in [9.17, 15) is 4.79 Å². The number of methoxy groups -OCH3 is 1. The Labute approximate surface area is 104 Å². The number of hydrogen-bond donors (Lipinski definition) is 2. The van der Waals surface area contributed by atoms with E-state index >= 15 is 0 Å². The van der Waals surface area contributed by atoms with Crippen molar-refractivity contribution in [1.82, 2.24) is 15.3 Å². The number of ether oxygens (including phenoxy) is 1. The van der Waals surface area contributed by atoms with E-state index in [0.717, 1.165) is 6.42 Å². The summed E-state index contributed by atoms with van der Waals surface area (Å²) in [6, 6.07) is 0.126. The van der Waals surface area contributed by atoms with E-state index in [-0.39, 0.29) is 17.1 Å². The largest absolute Gasteiger partial charge is 0.490 e. The molecular formula is C10H13ClN4O2. The molecule has 2 N–H and O–H groups in total. The lowest BCUT2D eigenvalue weighted by atomic mass is 10.2. The van der Waals surface area contributed by atoms with Crippen LogP contribution in [0.4, 0.5) is 5.82 Å². The topological polar surface area (TPSA) is 76.1 Å². The molecule has 0 spiro atoms. The van der Waals surface area contributed by atoms with Gasteiger partial charge >= 0.3 is 0 Å². The Hall–Kier alpha value is -1.56. The predicted octanol–water partition coefficient (Wildman–Crippen LogP) is 0.829. The molecule has 7 heteroatoms. The molecule has 1 aliphatic heterocycles. The number of anilines is 1. The summed E-state index contributed by atoms with van der Waals surface area (Å²) in [5, 5.41) is 6.21. The van der Waals surface area contributed by atoms with E-state index in [1.54, 1.807) is 0 Å². The molecule has 1 aromatic rings. The lowest BCUT2D eigenvalue weighted by Gasteiger charge is -2.14. The number of carbonyl (C=O) groups excluding carboxylic acids is 1. The Kier molecular flexibility index (Phi) is 3.63. The molecule has 0 radical (unpaired) electrons. The van der Waals surface area contributed by atoms with Crippen molar-refractivity contribution in [3.63, 3.8) is 0 Å². The summed E-state index contributed by atoms with van der Waals surface area (Å²) >= 11 is 5.86. The first-order chi connectivity index (χ1) is 8.20. The number of amides is 1. The molecule has 1 unspecified atom stereocenters. The number of rotatable bonds is 4. The van der Waals surface area contributed by atoms with Gasteiger partial charge in [0.25, 0.3) is 0 Å². The lowest BCUT2D eigenvalue weighted by molar-refractivity contribution is -0.119. The molecule has 17 heavy (non-hydrogen) atoms. The third-order valence-corrected chi connectivity index (χ3v) is 2.83. The van der Waals surface area contributed by atoms with Gasteiger partial charge in [0.15, 0.2) is 16.7 Å². The third-order valence-electron chi connectivity index (χ3n) is 2.57. The van der Waals surface area contributed by atoms with Crippen molar-refractivity contribution in [2.45, 2.75) is 18.9 Å². The van der Waals surface area contributed by atoms with Crippen molar-refractivity contribution in [3.8, 4) is 5.75 Å². The van der Waals surface area contributed by atoms with Gasteiger partial charge < -0.3 is 15.4 Å². The molecule has 92 valence electrons. The summed E-state index contributed by atoms with van der Waals surface area (Å²) in [7, 11) is 1.51. The summed E-state index contributed by atoms with van der Waals surface area (Å²) in [5.41, 5.74) is 0. The smallest absolute Gasteiger partial charge is 0.220 e. The fraction of sp³-hybridized carbons (Fsp3) is 0.500.